The molecule has 0 bridgehead atoms. The van der Waals surface area contributed by atoms with Crippen LogP contribution in [0, 0.1) is 18.6 Å². The average molecular weight is 254 g/mol. The predicted molar refractivity (Wildman–Crippen MR) is 66.0 cm³/mol. The lowest BCUT2D eigenvalue weighted by molar-refractivity contribution is 0.624. The van der Waals surface area contributed by atoms with Crippen molar-refractivity contribution in [1.82, 2.24) is 0 Å². The smallest absolute Gasteiger partial charge is 0.131 e. The van der Waals surface area contributed by atoms with Crippen LogP contribution < -0.4 is 5.73 Å². The molecule has 0 radical (unpaired) electrons. The Hall–Kier alpha value is -1.61. The predicted octanol–water partition coefficient (Wildman–Crippen LogP) is 4.18. The Bertz CT molecular complexity index is 562. The van der Waals surface area contributed by atoms with E-state index in [-0.39, 0.29) is 10.6 Å². The molecule has 0 amide bonds. The maximum Gasteiger partial charge on any atom is 0.131 e. The largest absolute Gasteiger partial charge is 0.398 e. The summed E-state index contributed by atoms with van der Waals surface area (Å²) in [6, 6.07) is 6.69. The molecule has 0 saturated heterocycles. The molecule has 2 rings (SSSR count). The molecule has 88 valence electrons. The molecule has 2 N–H and O–H groups in total. The van der Waals surface area contributed by atoms with E-state index in [0.29, 0.717) is 16.8 Å². The van der Waals surface area contributed by atoms with Gasteiger partial charge in [-0.15, -0.1) is 0 Å². The quantitative estimate of drug-likeness (QED) is 0.758. The SMILES string of the molecule is Cc1cc(F)c(-c2cc(F)cc(Cl)c2)cc1N. The summed E-state index contributed by atoms with van der Waals surface area (Å²) < 4.78 is 26.9. The molecule has 0 aliphatic heterocycles. The van der Waals surface area contributed by atoms with Gasteiger partial charge in [0.25, 0.3) is 0 Å². The van der Waals surface area contributed by atoms with Crippen LogP contribution in [0.4, 0.5) is 14.5 Å². The van der Waals surface area contributed by atoms with E-state index in [1.165, 1.54) is 30.3 Å². The fourth-order valence-corrected chi connectivity index (χ4v) is 1.84. The van der Waals surface area contributed by atoms with Crippen LogP contribution in [0.3, 0.4) is 0 Å². The van der Waals surface area contributed by atoms with Gasteiger partial charge in [-0.1, -0.05) is 11.6 Å². The van der Waals surface area contributed by atoms with Crippen molar-refractivity contribution in [2.45, 2.75) is 6.92 Å². The van der Waals surface area contributed by atoms with Gasteiger partial charge < -0.3 is 5.73 Å². The van der Waals surface area contributed by atoms with Crippen molar-refractivity contribution in [2.24, 2.45) is 0 Å². The Morgan fingerprint density at radius 1 is 1.06 bits per heavy atom. The van der Waals surface area contributed by atoms with Crippen LogP contribution >= 0.6 is 11.6 Å². The number of benzene rings is 2. The first kappa shape index (κ1) is 11.9. The van der Waals surface area contributed by atoms with Gasteiger partial charge in [-0.05, 0) is 48.4 Å². The summed E-state index contributed by atoms with van der Waals surface area (Å²) in [6.07, 6.45) is 0. The fourth-order valence-electron chi connectivity index (χ4n) is 1.62. The van der Waals surface area contributed by atoms with E-state index in [2.05, 4.69) is 0 Å². The molecule has 2 aromatic rings. The van der Waals surface area contributed by atoms with E-state index in [9.17, 15) is 8.78 Å². The molecule has 1 nitrogen and oxygen atoms in total. The van der Waals surface area contributed by atoms with Gasteiger partial charge in [0.1, 0.15) is 11.6 Å². The van der Waals surface area contributed by atoms with Gasteiger partial charge in [0.05, 0.1) is 0 Å². The Morgan fingerprint density at radius 3 is 2.41 bits per heavy atom. The van der Waals surface area contributed by atoms with E-state index in [1.807, 2.05) is 0 Å². The monoisotopic (exact) mass is 253 g/mol. The summed E-state index contributed by atoms with van der Waals surface area (Å²) in [5.41, 5.74) is 7.44. The molecule has 0 heterocycles. The number of rotatable bonds is 1. The van der Waals surface area contributed by atoms with E-state index in [1.54, 1.807) is 6.92 Å². The summed E-state index contributed by atoms with van der Waals surface area (Å²) in [6.45, 7) is 1.71. The van der Waals surface area contributed by atoms with Crippen molar-refractivity contribution in [2.75, 3.05) is 5.73 Å². The number of anilines is 1. The Morgan fingerprint density at radius 2 is 1.76 bits per heavy atom. The van der Waals surface area contributed by atoms with Crippen molar-refractivity contribution in [1.29, 1.82) is 0 Å². The number of nitrogen functional groups attached to an aromatic ring is 1. The topological polar surface area (TPSA) is 26.0 Å². The van der Waals surface area contributed by atoms with Crippen molar-refractivity contribution in [3.8, 4) is 11.1 Å². The van der Waals surface area contributed by atoms with Crippen molar-refractivity contribution in [3.63, 3.8) is 0 Å². The standard InChI is InChI=1S/C13H10ClF2N/c1-7-2-12(16)11(6-13(7)17)8-3-9(14)5-10(15)4-8/h2-6H,17H2,1H3. The molecule has 0 atom stereocenters. The molecule has 2 aromatic carbocycles. The van der Waals surface area contributed by atoms with E-state index >= 15 is 0 Å². The molecular formula is C13H10ClF2N. The summed E-state index contributed by atoms with van der Waals surface area (Å²) in [7, 11) is 0. The molecule has 17 heavy (non-hydrogen) atoms. The fraction of sp³-hybridized carbons (Fsp3) is 0.0769. The molecule has 4 heteroatoms. The first-order valence-corrected chi connectivity index (χ1v) is 5.37. The highest BCUT2D eigenvalue weighted by molar-refractivity contribution is 6.30. The number of nitrogens with two attached hydrogens (primary N) is 1. The van der Waals surface area contributed by atoms with Gasteiger partial charge in [-0.25, -0.2) is 8.78 Å². The second-order valence-corrected chi connectivity index (χ2v) is 4.28. The zero-order chi connectivity index (χ0) is 12.6. The van der Waals surface area contributed by atoms with Crippen LogP contribution in [-0.4, -0.2) is 0 Å². The molecule has 0 aliphatic rings. The number of halogens is 3. The highest BCUT2D eigenvalue weighted by Crippen LogP contribution is 2.29. The van der Waals surface area contributed by atoms with Crippen molar-refractivity contribution < 1.29 is 8.78 Å². The summed E-state index contributed by atoms with van der Waals surface area (Å²) in [4.78, 5) is 0. The van der Waals surface area contributed by atoms with Gasteiger partial charge in [-0.2, -0.15) is 0 Å². The van der Waals surface area contributed by atoms with Gasteiger partial charge in [0, 0.05) is 16.3 Å². The lowest BCUT2D eigenvalue weighted by Gasteiger charge is -2.08. The number of aryl methyl sites for hydroxylation is 1. The first-order valence-electron chi connectivity index (χ1n) is 4.99. The second-order valence-electron chi connectivity index (χ2n) is 3.85. The minimum absolute atomic E-state index is 0.221. The number of hydrogen-bond acceptors (Lipinski definition) is 1. The molecule has 0 unspecified atom stereocenters. The summed E-state index contributed by atoms with van der Waals surface area (Å²) in [5, 5.41) is 0.221. The van der Waals surface area contributed by atoms with Gasteiger partial charge in [-0.3, -0.25) is 0 Å². The average Bonchev–Trinajstić information content (AvgIpc) is 2.22. The Kier molecular flexibility index (Phi) is 3.03. The third-order valence-corrected chi connectivity index (χ3v) is 2.75. The zero-order valence-electron chi connectivity index (χ0n) is 9.10. The van der Waals surface area contributed by atoms with E-state index < -0.39 is 11.6 Å². The van der Waals surface area contributed by atoms with E-state index in [4.69, 9.17) is 17.3 Å². The molecule has 0 aromatic heterocycles. The van der Waals surface area contributed by atoms with E-state index in [0.717, 1.165) is 0 Å². The minimum Gasteiger partial charge on any atom is -0.398 e. The normalized spacial score (nSPS) is 10.6. The summed E-state index contributed by atoms with van der Waals surface area (Å²) >= 11 is 5.73. The molecule has 0 saturated carbocycles. The Balaban J connectivity index is 2.64. The third kappa shape index (κ3) is 2.39. The third-order valence-electron chi connectivity index (χ3n) is 2.53. The molecule has 0 spiro atoms. The maximum atomic E-state index is 13.8. The van der Waals surface area contributed by atoms with Crippen molar-refractivity contribution >= 4 is 17.3 Å². The first-order chi connectivity index (χ1) is 7.97. The van der Waals surface area contributed by atoms with Crippen molar-refractivity contribution in [3.05, 3.63) is 52.6 Å². The molecule has 0 aliphatic carbocycles. The Labute approximate surface area is 103 Å². The summed E-state index contributed by atoms with van der Waals surface area (Å²) in [5.74, 6) is -0.954. The second kappa shape index (κ2) is 4.34. The van der Waals surface area contributed by atoms with Gasteiger partial charge in [0.15, 0.2) is 0 Å². The van der Waals surface area contributed by atoms with Gasteiger partial charge in [0.2, 0.25) is 0 Å². The lowest BCUT2D eigenvalue weighted by Crippen LogP contribution is -1.94. The van der Waals surface area contributed by atoms with Crippen LogP contribution in [0.15, 0.2) is 30.3 Å². The highest BCUT2D eigenvalue weighted by Gasteiger charge is 2.09. The number of hydrogen-bond donors (Lipinski definition) is 1. The molecule has 0 fully saturated rings. The maximum absolute atomic E-state index is 13.8. The van der Waals surface area contributed by atoms with Crippen LogP contribution in [0.1, 0.15) is 5.56 Å². The molecular weight excluding hydrogens is 244 g/mol. The van der Waals surface area contributed by atoms with Crippen LogP contribution in [-0.2, 0) is 0 Å². The van der Waals surface area contributed by atoms with Gasteiger partial charge >= 0.3 is 0 Å². The zero-order valence-corrected chi connectivity index (χ0v) is 9.85. The van der Waals surface area contributed by atoms with Crippen LogP contribution in [0.2, 0.25) is 5.02 Å². The lowest BCUT2D eigenvalue weighted by atomic mass is 10.0. The van der Waals surface area contributed by atoms with Crippen LogP contribution in [0.25, 0.3) is 11.1 Å². The highest BCUT2D eigenvalue weighted by atomic mass is 35.5. The van der Waals surface area contributed by atoms with Crippen LogP contribution in [0.5, 0.6) is 0 Å². The minimum atomic E-state index is -0.508.